The van der Waals surface area contributed by atoms with E-state index in [2.05, 4.69) is 26.3 Å². The summed E-state index contributed by atoms with van der Waals surface area (Å²) < 4.78 is 5.30. The molecule has 3 heterocycles. The molecule has 1 atom stereocenters. The average Bonchev–Trinajstić information content (AvgIpc) is 3.18. The van der Waals surface area contributed by atoms with Crippen LogP contribution in [0.2, 0.25) is 0 Å². The van der Waals surface area contributed by atoms with Crippen molar-refractivity contribution >= 4 is 11.6 Å². The molecule has 0 radical (unpaired) electrons. The van der Waals surface area contributed by atoms with E-state index in [1.807, 2.05) is 13.0 Å². The fraction of sp³-hybridized carbons (Fsp3) is 0.500. The van der Waals surface area contributed by atoms with Gasteiger partial charge in [0, 0.05) is 48.7 Å². The fourth-order valence-corrected chi connectivity index (χ4v) is 4.72. The first kappa shape index (κ1) is 22.0. The molecule has 2 fully saturated rings. The maximum atomic E-state index is 13.4. The predicted molar refractivity (Wildman–Crippen MR) is 122 cm³/mol. The Labute approximate surface area is 188 Å². The van der Waals surface area contributed by atoms with Gasteiger partial charge in [0.05, 0.1) is 18.4 Å². The highest BCUT2D eigenvalue weighted by Crippen LogP contribution is 2.39. The van der Waals surface area contributed by atoms with Crippen molar-refractivity contribution in [3.8, 4) is 23.1 Å². The molecule has 0 spiro atoms. The molecular formula is C24H30N6O2. The molecule has 1 aliphatic carbocycles. The molecular weight excluding hydrogens is 404 g/mol. The number of nitrogens with two attached hydrogens (primary N) is 1. The number of anilines is 1. The highest BCUT2D eigenvalue weighted by Gasteiger charge is 2.35. The van der Waals surface area contributed by atoms with Gasteiger partial charge in [-0.2, -0.15) is 5.26 Å². The van der Waals surface area contributed by atoms with E-state index >= 15 is 0 Å². The number of hydrogen-bond donors (Lipinski definition) is 2. The largest absolute Gasteiger partial charge is 0.481 e. The Balaban J connectivity index is 1.84. The van der Waals surface area contributed by atoms with E-state index in [9.17, 15) is 10.1 Å². The number of nitrogens with zero attached hydrogens (tertiary/aromatic N) is 4. The lowest BCUT2D eigenvalue weighted by atomic mass is 9.94. The zero-order valence-corrected chi connectivity index (χ0v) is 18.7. The second kappa shape index (κ2) is 9.13. The Morgan fingerprint density at radius 1 is 1.34 bits per heavy atom. The molecule has 8 heteroatoms. The zero-order valence-electron chi connectivity index (χ0n) is 18.7. The molecule has 2 aliphatic rings. The summed E-state index contributed by atoms with van der Waals surface area (Å²) in [4.78, 5) is 24.1. The molecule has 8 nitrogen and oxygen atoms in total. The maximum Gasteiger partial charge on any atom is 0.255 e. The van der Waals surface area contributed by atoms with Gasteiger partial charge in [0.15, 0.2) is 0 Å². The third kappa shape index (κ3) is 4.53. The van der Waals surface area contributed by atoms with Gasteiger partial charge in [-0.25, -0.2) is 9.97 Å². The van der Waals surface area contributed by atoms with Crippen LogP contribution >= 0.6 is 0 Å². The van der Waals surface area contributed by atoms with Crippen molar-refractivity contribution in [1.29, 1.82) is 5.26 Å². The van der Waals surface area contributed by atoms with Crippen LogP contribution in [0.1, 0.15) is 61.5 Å². The Morgan fingerprint density at radius 3 is 2.78 bits per heavy atom. The van der Waals surface area contributed by atoms with Crippen LogP contribution in [0.3, 0.4) is 0 Å². The lowest BCUT2D eigenvalue weighted by molar-refractivity contribution is 0.0928. The van der Waals surface area contributed by atoms with Crippen molar-refractivity contribution in [2.24, 2.45) is 5.73 Å². The van der Waals surface area contributed by atoms with E-state index < -0.39 is 0 Å². The molecule has 1 saturated heterocycles. The smallest absolute Gasteiger partial charge is 0.255 e. The Morgan fingerprint density at radius 2 is 2.12 bits per heavy atom. The van der Waals surface area contributed by atoms with E-state index in [-0.39, 0.29) is 23.2 Å². The summed E-state index contributed by atoms with van der Waals surface area (Å²) >= 11 is 0. The molecule has 0 aromatic carbocycles. The number of amides is 1. The van der Waals surface area contributed by atoms with Gasteiger partial charge in [-0.05, 0) is 37.8 Å². The molecule has 2 aromatic heterocycles. The highest BCUT2D eigenvalue weighted by atomic mass is 16.5. The third-order valence-electron chi connectivity index (χ3n) is 6.40. The fourth-order valence-electron chi connectivity index (χ4n) is 4.72. The molecule has 1 saturated carbocycles. The van der Waals surface area contributed by atoms with Crippen LogP contribution in [-0.2, 0) is 0 Å². The topological polar surface area (TPSA) is 117 Å². The molecule has 3 N–H and O–H groups in total. The number of carbonyl (C=O) groups is 1. The summed E-state index contributed by atoms with van der Waals surface area (Å²) in [6.07, 6.45) is 9.40. The minimum Gasteiger partial charge on any atom is -0.481 e. The Kier molecular flexibility index (Phi) is 6.28. The molecule has 0 bridgehead atoms. The van der Waals surface area contributed by atoms with Crippen LogP contribution in [0.25, 0.3) is 11.1 Å². The number of carbonyl (C=O) groups excluding carboxylic acids is 1. The lowest BCUT2D eigenvalue weighted by Crippen LogP contribution is -2.40. The second-order valence-corrected chi connectivity index (χ2v) is 9.08. The van der Waals surface area contributed by atoms with Crippen molar-refractivity contribution in [3.05, 3.63) is 35.8 Å². The molecule has 168 valence electrons. The van der Waals surface area contributed by atoms with Crippen molar-refractivity contribution in [1.82, 2.24) is 15.3 Å². The number of nitriles is 1. The van der Waals surface area contributed by atoms with Crippen molar-refractivity contribution in [2.75, 3.05) is 25.1 Å². The second-order valence-electron chi connectivity index (χ2n) is 9.08. The van der Waals surface area contributed by atoms with Gasteiger partial charge in [-0.1, -0.05) is 19.3 Å². The van der Waals surface area contributed by atoms with Crippen LogP contribution in [0.5, 0.6) is 5.88 Å². The van der Waals surface area contributed by atoms with E-state index in [1.54, 1.807) is 19.4 Å². The average molecular weight is 435 g/mol. The SMILES string of the molecule is COc1cc(-c2c(C#N)ncc(C(=O)NC3CCCCC3)c2N2CC[C@](C)(N)C2)ccn1. The molecule has 1 aliphatic heterocycles. The summed E-state index contributed by atoms with van der Waals surface area (Å²) in [7, 11) is 1.55. The first-order chi connectivity index (χ1) is 15.4. The Hall–Kier alpha value is -3.18. The number of aromatic nitrogens is 2. The van der Waals surface area contributed by atoms with E-state index in [1.165, 1.54) is 12.6 Å². The third-order valence-corrected chi connectivity index (χ3v) is 6.40. The van der Waals surface area contributed by atoms with Gasteiger partial charge in [0.1, 0.15) is 11.8 Å². The lowest BCUT2D eigenvalue weighted by Gasteiger charge is -2.28. The van der Waals surface area contributed by atoms with E-state index in [0.717, 1.165) is 37.7 Å². The van der Waals surface area contributed by atoms with Crippen LogP contribution < -0.4 is 20.7 Å². The number of methoxy groups -OCH3 is 1. The molecule has 1 amide bonds. The molecule has 0 unspecified atom stereocenters. The molecule has 2 aromatic rings. The first-order valence-corrected chi connectivity index (χ1v) is 11.2. The summed E-state index contributed by atoms with van der Waals surface area (Å²) in [6, 6.07) is 5.95. The number of nitrogens with one attached hydrogen (secondary N) is 1. The standard InChI is InChI=1S/C24H30N6O2/c1-24(26)9-11-30(15-24)22-18(23(31)29-17-6-4-3-5-7-17)14-28-19(13-25)21(22)16-8-10-27-20(12-16)32-2/h8,10,12,14,17H,3-7,9,11,15,26H2,1-2H3,(H,29,31)/t24-/m0/s1. The highest BCUT2D eigenvalue weighted by molar-refractivity contribution is 6.04. The minimum atomic E-state index is -0.375. The van der Waals surface area contributed by atoms with Crippen molar-refractivity contribution in [3.63, 3.8) is 0 Å². The number of ether oxygens (including phenoxy) is 1. The van der Waals surface area contributed by atoms with Crippen molar-refractivity contribution in [2.45, 2.75) is 57.0 Å². The number of pyridine rings is 2. The van der Waals surface area contributed by atoms with Gasteiger partial charge >= 0.3 is 0 Å². The number of hydrogen-bond acceptors (Lipinski definition) is 7. The maximum absolute atomic E-state index is 13.4. The summed E-state index contributed by atoms with van der Waals surface area (Å²) in [6.45, 7) is 3.29. The summed E-state index contributed by atoms with van der Waals surface area (Å²) in [5, 5.41) is 13.1. The Bertz CT molecular complexity index is 1040. The van der Waals surface area contributed by atoms with Gasteiger partial charge in [-0.3, -0.25) is 4.79 Å². The van der Waals surface area contributed by atoms with E-state index in [0.29, 0.717) is 35.8 Å². The van der Waals surface area contributed by atoms with E-state index in [4.69, 9.17) is 10.5 Å². The monoisotopic (exact) mass is 434 g/mol. The van der Waals surface area contributed by atoms with Crippen LogP contribution in [-0.4, -0.2) is 47.7 Å². The normalized spacial score (nSPS) is 21.2. The summed E-state index contributed by atoms with van der Waals surface area (Å²) in [5.41, 5.74) is 8.83. The minimum absolute atomic E-state index is 0.156. The van der Waals surface area contributed by atoms with Crippen LogP contribution in [0.4, 0.5) is 5.69 Å². The van der Waals surface area contributed by atoms with Crippen LogP contribution in [0, 0.1) is 11.3 Å². The van der Waals surface area contributed by atoms with Gasteiger partial charge in [0.2, 0.25) is 5.88 Å². The van der Waals surface area contributed by atoms with Gasteiger partial charge < -0.3 is 20.7 Å². The molecule has 32 heavy (non-hydrogen) atoms. The first-order valence-electron chi connectivity index (χ1n) is 11.2. The zero-order chi connectivity index (χ0) is 22.7. The number of rotatable bonds is 5. The van der Waals surface area contributed by atoms with Crippen LogP contribution in [0.15, 0.2) is 24.5 Å². The van der Waals surface area contributed by atoms with Crippen molar-refractivity contribution < 1.29 is 9.53 Å². The van der Waals surface area contributed by atoms with Gasteiger partial charge in [-0.15, -0.1) is 0 Å². The molecule has 4 rings (SSSR count). The predicted octanol–water partition coefficient (Wildman–Crippen LogP) is 3.01. The summed E-state index contributed by atoms with van der Waals surface area (Å²) in [5.74, 6) is 0.274. The van der Waals surface area contributed by atoms with Gasteiger partial charge in [0.25, 0.3) is 5.91 Å². The quantitative estimate of drug-likeness (QED) is 0.743.